The van der Waals surface area contributed by atoms with Crippen LogP contribution in [-0.4, -0.2) is 14.3 Å². The average Bonchev–Trinajstić information content (AvgIpc) is 2.81. The number of hydrogen-bond donors (Lipinski definition) is 0. The zero-order valence-corrected chi connectivity index (χ0v) is 13.8. The van der Waals surface area contributed by atoms with Crippen molar-refractivity contribution in [3.05, 3.63) is 81.0 Å². The molecule has 25 heavy (non-hydrogen) atoms. The predicted octanol–water partition coefficient (Wildman–Crippen LogP) is 4.06. The first kappa shape index (κ1) is 17.3. The van der Waals surface area contributed by atoms with E-state index in [0.29, 0.717) is 22.1 Å². The Morgan fingerprint density at radius 1 is 1.12 bits per heavy atom. The van der Waals surface area contributed by atoms with Crippen LogP contribution in [0.5, 0.6) is 0 Å². The maximum absolute atomic E-state index is 12.8. The van der Waals surface area contributed by atoms with Crippen molar-refractivity contribution in [2.24, 2.45) is 0 Å². The summed E-state index contributed by atoms with van der Waals surface area (Å²) in [5.41, 5.74) is -0.320. The normalized spacial score (nSPS) is 11.7. The summed E-state index contributed by atoms with van der Waals surface area (Å²) >= 11 is 5.95. The zero-order valence-electron chi connectivity index (χ0n) is 13.1. The summed E-state index contributed by atoms with van der Waals surface area (Å²) in [6, 6.07) is 11.5. The molecular weight excluding hydrogens is 355 g/mol. The molecule has 3 rings (SSSR count). The van der Waals surface area contributed by atoms with E-state index in [1.165, 1.54) is 16.7 Å². The average molecular weight is 368 g/mol. The van der Waals surface area contributed by atoms with E-state index in [-0.39, 0.29) is 6.54 Å². The molecule has 0 fully saturated rings. The van der Waals surface area contributed by atoms with E-state index in [4.69, 9.17) is 11.6 Å². The minimum Gasteiger partial charge on any atom is -0.247 e. The Balaban J connectivity index is 1.98. The molecular formula is C17H13ClF3N3O. The van der Waals surface area contributed by atoms with Crippen LogP contribution in [0, 0.1) is 6.92 Å². The predicted molar refractivity (Wildman–Crippen MR) is 88.1 cm³/mol. The van der Waals surface area contributed by atoms with Crippen molar-refractivity contribution in [3.8, 4) is 5.69 Å². The molecule has 0 radical (unpaired) electrons. The summed E-state index contributed by atoms with van der Waals surface area (Å²) < 4.78 is 40.9. The summed E-state index contributed by atoms with van der Waals surface area (Å²) in [6.07, 6.45) is -4.43. The first-order valence-electron chi connectivity index (χ1n) is 7.34. The number of benzene rings is 2. The highest BCUT2D eigenvalue weighted by molar-refractivity contribution is 6.30. The van der Waals surface area contributed by atoms with Crippen LogP contribution >= 0.6 is 11.6 Å². The molecule has 0 N–H and O–H groups in total. The van der Waals surface area contributed by atoms with Crippen molar-refractivity contribution < 1.29 is 13.2 Å². The lowest BCUT2D eigenvalue weighted by atomic mass is 10.1. The van der Waals surface area contributed by atoms with Gasteiger partial charge in [0.2, 0.25) is 0 Å². The summed E-state index contributed by atoms with van der Waals surface area (Å²) in [6.45, 7) is 1.59. The number of aryl methyl sites for hydroxylation is 1. The fourth-order valence-corrected chi connectivity index (χ4v) is 2.73. The molecule has 0 unspecified atom stereocenters. The Morgan fingerprint density at radius 3 is 2.52 bits per heavy atom. The molecule has 130 valence electrons. The molecule has 0 aliphatic heterocycles. The SMILES string of the molecule is Cc1nn(Cc2cccc(C(F)(F)F)c2)c(=O)n1-c1cccc(Cl)c1. The second-order valence-electron chi connectivity index (χ2n) is 5.50. The van der Waals surface area contributed by atoms with Crippen LogP contribution in [0.15, 0.2) is 53.3 Å². The maximum atomic E-state index is 12.8. The third kappa shape index (κ3) is 3.61. The highest BCUT2D eigenvalue weighted by Crippen LogP contribution is 2.29. The summed E-state index contributed by atoms with van der Waals surface area (Å²) in [5.74, 6) is 0.416. The van der Waals surface area contributed by atoms with Gasteiger partial charge in [-0.25, -0.2) is 14.0 Å². The van der Waals surface area contributed by atoms with Crippen LogP contribution in [0.25, 0.3) is 5.69 Å². The van der Waals surface area contributed by atoms with E-state index >= 15 is 0 Å². The van der Waals surface area contributed by atoms with Crippen LogP contribution in [0.1, 0.15) is 17.0 Å². The minimum absolute atomic E-state index is 0.0584. The van der Waals surface area contributed by atoms with Crippen molar-refractivity contribution in [2.45, 2.75) is 19.6 Å². The summed E-state index contributed by atoms with van der Waals surface area (Å²) in [5, 5.41) is 4.61. The van der Waals surface area contributed by atoms with E-state index in [0.717, 1.165) is 16.8 Å². The van der Waals surface area contributed by atoms with Crippen LogP contribution in [0.3, 0.4) is 0 Å². The van der Waals surface area contributed by atoms with Gasteiger partial charge in [0.15, 0.2) is 0 Å². The molecule has 0 saturated heterocycles. The number of aromatic nitrogens is 3. The number of halogens is 4. The van der Waals surface area contributed by atoms with Gasteiger partial charge in [0.05, 0.1) is 17.8 Å². The molecule has 2 aromatic carbocycles. The largest absolute Gasteiger partial charge is 0.416 e. The molecule has 0 saturated carbocycles. The molecule has 4 nitrogen and oxygen atoms in total. The van der Waals surface area contributed by atoms with E-state index in [1.807, 2.05) is 0 Å². The standard InChI is InChI=1S/C17H13ClF3N3O/c1-11-22-23(10-12-4-2-5-13(8-12)17(19,20)21)16(25)24(11)15-7-3-6-14(18)9-15/h2-9H,10H2,1H3. The fraction of sp³-hybridized carbons (Fsp3) is 0.176. The van der Waals surface area contributed by atoms with Gasteiger partial charge in [0, 0.05) is 5.02 Å². The first-order chi connectivity index (χ1) is 11.8. The van der Waals surface area contributed by atoms with Gasteiger partial charge in [0.25, 0.3) is 0 Å². The molecule has 8 heteroatoms. The molecule has 0 bridgehead atoms. The van der Waals surface area contributed by atoms with E-state index < -0.39 is 17.4 Å². The number of hydrogen-bond acceptors (Lipinski definition) is 2. The van der Waals surface area contributed by atoms with Gasteiger partial charge in [-0.1, -0.05) is 29.8 Å². The monoisotopic (exact) mass is 367 g/mol. The fourth-order valence-electron chi connectivity index (χ4n) is 2.55. The van der Waals surface area contributed by atoms with Gasteiger partial charge in [0.1, 0.15) is 5.82 Å². The van der Waals surface area contributed by atoms with Crippen molar-refractivity contribution in [3.63, 3.8) is 0 Å². The Kier molecular flexibility index (Phi) is 4.43. The highest BCUT2D eigenvalue weighted by Gasteiger charge is 2.30. The second kappa shape index (κ2) is 6.40. The summed E-state index contributed by atoms with van der Waals surface area (Å²) in [4.78, 5) is 12.6. The van der Waals surface area contributed by atoms with Gasteiger partial charge >= 0.3 is 11.9 Å². The Hall–Kier alpha value is -2.54. The molecule has 0 aliphatic carbocycles. The number of nitrogens with zero attached hydrogens (tertiary/aromatic N) is 3. The van der Waals surface area contributed by atoms with Crippen LogP contribution in [0.4, 0.5) is 13.2 Å². The molecule has 1 aromatic heterocycles. The van der Waals surface area contributed by atoms with Crippen LogP contribution in [-0.2, 0) is 12.7 Å². The van der Waals surface area contributed by atoms with Crippen LogP contribution in [0.2, 0.25) is 5.02 Å². The van der Waals surface area contributed by atoms with Crippen molar-refractivity contribution in [2.75, 3.05) is 0 Å². The number of alkyl halides is 3. The third-order valence-electron chi connectivity index (χ3n) is 3.65. The minimum atomic E-state index is -4.43. The highest BCUT2D eigenvalue weighted by atomic mass is 35.5. The van der Waals surface area contributed by atoms with Gasteiger partial charge in [-0.05, 0) is 42.8 Å². The summed E-state index contributed by atoms with van der Waals surface area (Å²) in [7, 11) is 0. The Labute approximate surface area is 146 Å². The van der Waals surface area contributed by atoms with Gasteiger partial charge in [-0.2, -0.15) is 18.3 Å². The van der Waals surface area contributed by atoms with Crippen molar-refractivity contribution in [1.82, 2.24) is 14.3 Å². The second-order valence-corrected chi connectivity index (χ2v) is 5.94. The smallest absolute Gasteiger partial charge is 0.247 e. The van der Waals surface area contributed by atoms with Crippen molar-refractivity contribution >= 4 is 11.6 Å². The van der Waals surface area contributed by atoms with E-state index in [9.17, 15) is 18.0 Å². The first-order valence-corrected chi connectivity index (χ1v) is 7.72. The third-order valence-corrected chi connectivity index (χ3v) is 3.89. The molecule has 0 aliphatic rings. The zero-order chi connectivity index (χ0) is 18.2. The van der Waals surface area contributed by atoms with Crippen LogP contribution < -0.4 is 5.69 Å². The van der Waals surface area contributed by atoms with Gasteiger partial charge in [-0.3, -0.25) is 0 Å². The topological polar surface area (TPSA) is 39.8 Å². The lowest BCUT2D eigenvalue weighted by Gasteiger charge is -2.08. The molecule has 1 heterocycles. The van der Waals surface area contributed by atoms with Gasteiger partial charge < -0.3 is 0 Å². The van der Waals surface area contributed by atoms with Crippen molar-refractivity contribution in [1.29, 1.82) is 0 Å². The lowest BCUT2D eigenvalue weighted by Crippen LogP contribution is -2.24. The molecule has 0 atom stereocenters. The Bertz CT molecular complexity index is 976. The molecule has 3 aromatic rings. The van der Waals surface area contributed by atoms with E-state index in [1.54, 1.807) is 31.2 Å². The number of rotatable bonds is 3. The molecule has 0 spiro atoms. The van der Waals surface area contributed by atoms with E-state index in [2.05, 4.69) is 5.10 Å². The quantitative estimate of drug-likeness (QED) is 0.700. The lowest BCUT2D eigenvalue weighted by molar-refractivity contribution is -0.137. The Morgan fingerprint density at radius 2 is 1.84 bits per heavy atom. The molecule has 0 amide bonds. The van der Waals surface area contributed by atoms with Gasteiger partial charge in [-0.15, -0.1) is 0 Å². The maximum Gasteiger partial charge on any atom is 0.416 e.